The molecule has 0 radical (unpaired) electrons. The summed E-state index contributed by atoms with van der Waals surface area (Å²) in [7, 11) is 1.36. The van der Waals surface area contributed by atoms with E-state index in [1.807, 2.05) is 30.3 Å². The molecular weight excluding hydrogens is 558 g/mol. The van der Waals surface area contributed by atoms with Gasteiger partial charge in [-0.05, 0) is 12.5 Å². The number of ether oxygens (including phenoxy) is 8. The molecule has 14 heteroatoms. The van der Waals surface area contributed by atoms with Crippen LogP contribution in [0.2, 0.25) is 0 Å². The summed E-state index contributed by atoms with van der Waals surface area (Å²) in [5, 5.41) is 14.1. The highest BCUT2D eigenvalue weighted by molar-refractivity contribution is 5.73. The Bertz CT molecular complexity index is 1070. The van der Waals surface area contributed by atoms with Gasteiger partial charge in [-0.15, -0.1) is 0 Å². The fourth-order valence-corrected chi connectivity index (χ4v) is 4.91. The van der Waals surface area contributed by atoms with E-state index in [1.165, 1.54) is 21.0 Å². The van der Waals surface area contributed by atoms with E-state index in [-0.39, 0.29) is 13.2 Å². The standard InChI is InChI=1S/C28H39NO13/c1-14-23(38-16(3)31)25(39-17(4)32)26(40-18(5)33)28(37-14)42-24-21(29-15(2)30)27(35-6)41-20(22(24)34)13-36-12-19-10-8-7-9-11-19/h7-11,14,20-28,34H,12-13H2,1-6H3,(H,29,30)/t14-,20+,21+,22+,23+,24+,25+,26-,27+,28-/m0/s1. The lowest BCUT2D eigenvalue weighted by Crippen LogP contribution is -2.68. The molecule has 2 aliphatic heterocycles. The van der Waals surface area contributed by atoms with Crippen molar-refractivity contribution in [3.05, 3.63) is 35.9 Å². The van der Waals surface area contributed by atoms with Crippen molar-refractivity contribution in [2.45, 2.75) is 103 Å². The van der Waals surface area contributed by atoms with Crippen LogP contribution in [0.4, 0.5) is 0 Å². The minimum atomic E-state index is -1.45. The lowest BCUT2D eigenvalue weighted by Gasteiger charge is -2.48. The molecule has 0 unspecified atom stereocenters. The van der Waals surface area contributed by atoms with Gasteiger partial charge in [0.2, 0.25) is 5.91 Å². The highest BCUT2D eigenvalue weighted by atomic mass is 16.7. The summed E-state index contributed by atoms with van der Waals surface area (Å²) in [5.41, 5.74) is 0.905. The third-order valence-electron chi connectivity index (χ3n) is 6.59. The number of methoxy groups -OCH3 is 1. The van der Waals surface area contributed by atoms with E-state index in [1.54, 1.807) is 6.92 Å². The van der Waals surface area contributed by atoms with Crippen LogP contribution in [0.1, 0.15) is 40.2 Å². The minimum absolute atomic E-state index is 0.0670. The lowest BCUT2D eigenvalue weighted by atomic mass is 9.95. The summed E-state index contributed by atoms with van der Waals surface area (Å²) >= 11 is 0. The number of esters is 3. The van der Waals surface area contributed by atoms with Gasteiger partial charge in [0.15, 0.2) is 30.9 Å². The number of carbonyl (C=O) groups excluding carboxylic acids is 4. The van der Waals surface area contributed by atoms with E-state index in [4.69, 9.17) is 37.9 Å². The smallest absolute Gasteiger partial charge is 0.303 e. The van der Waals surface area contributed by atoms with Crippen LogP contribution < -0.4 is 5.32 Å². The van der Waals surface area contributed by atoms with Crippen molar-refractivity contribution in [1.82, 2.24) is 5.32 Å². The van der Waals surface area contributed by atoms with Crippen LogP contribution in [-0.2, 0) is 63.7 Å². The van der Waals surface area contributed by atoms with Crippen LogP contribution in [0.25, 0.3) is 0 Å². The van der Waals surface area contributed by atoms with Gasteiger partial charge < -0.3 is 48.3 Å². The van der Waals surface area contributed by atoms with Gasteiger partial charge in [-0.3, -0.25) is 19.2 Å². The van der Waals surface area contributed by atoms with E-state index >= 15 is 0 Å². The highest BCUT2D eigenvalue weighted by Crippen LogP contribution is 2.33. The minimum Gasteiger partial charge on any atom is -0.456 e. The molecule has 1 aromatic rings. The second-order valence-corrected chi connectivity index (χ2v) is 10.0. The summed E-state index contributed by atoms with van der Waals surface area (Å²) in [6, 6.07) is 8.33. The first-order valence-corrected chi connectivity index (χ1v) is 13.5. The fraction of sp³-hybridized carbons (Fsp3) is 0.643. The van der Waals surface area contributed by atoms with Crippen LogP contribution in [-0.4, -0.2) is 104 Å². The van der Waals surface area contributed by atoms with Crippen molar-refractivity contribution in [1.29, 1.82) is 0 Å². The number of aliphatic hydroxyl groups excluding tert-OH is 1. The molecule has 0 saturated carbocycles. The van der Waals surface area contributed by atoms with E-state index in [0.717, 1.165) is 19.4 Å². The van der Waals surface area contributed by atoms with E-state index in [0.29, 0.717) is 0 Å². The number of nitrogens with one attached hydrogen (secondary N) is 1. The normalized spacial score (nSPS) is 32.8. The zero-order chi connectivity index (χ0) is 31.0. The van der Waals surface area contributed by atoms with E-state index in [9.17, 15) is 24.3 Å². The zero-order valence-corrected chi connectivity index (χ0v) is 24.4. The third-order valence-corrected chi connectivity index (χ3v) is 6.59. The Morgan fingerprint density at radius 2 is 1.43 bits per heavy atom. The van der Waals surface area contributed by atoms with Crippen LogP contribution in [0, 0.1) is 0 Å². The van der Waals surface area contributed by atoms with Crippen molar-refractivity contribution in [2.75, 3.05) is 13.7 Å². The fourth-order valence-electron chi connectivity index (χ4n) is 4.91. The van der Waals surface area contributed by atoms with Gasteiger partial charge >= 0.3 is 17.9 Å². The van der Waals surface area contributed by atoms with Crippen molar-refractivity contribution in [3.63, 3.8) is 0 Å². The zero-order valence-electron chi connectivity index (χ0n) is 24.4. The second kappa shape index (κ2) is 15.4. The van der Waals surface area contributed by atoms with Gasteiger partial charge in [-0.1, -0.05) is 30.3 Å². The maximum absolute atomic E-state index is 12.1. The van der Waals surface area contributed by atoms with Gasteiger partial charge in [-0.2, -0.15) is 0 Å². The number of hydrogen-bond donors (Lipinski definition) is 2. The molecule has 2 fully saturated rings. The third kappa shape index (κ3) is 8.93. The SMILES string of the molecule is CO[C@@H]1O[C@H](COCc2ccccc2)[C@@H](O)[C@H](O[C@@H]2O[C@@H](C)[C@@H](OC(C)=O)[C@@H](OC(C)=O)[C@@H]2OC(C)=O)[C@H]1NC(C)=O. The van der Waals surface area contributed by atoms with Crippen LogP contribution in [0.5, 0.6) is 0 Å². The summed E-state index contributed by atoms with van der Waals surface area (Å²) < 4.78 is 45.6. The molecule has 14 nitrogen and oxygen atoms in total. The van der Waals surface area contributed by atoms with Crippen molar-refractivity contribution < 1.29 is 62.2 Å². The number of hydrogen-bond acceptors (Lipinski definition) is 13. The molecule has 0 bridgehead atoms. The number of aliphatic hydroxyl groups is 1. The molecule has 1 aromatic carbocycles. The maximum atomic E-state index is 12.1. The van der Waals surface area contributed by atoms with Gasteiger partial charge in [-0.25, -0.2) is 0 Å². The Labute approximate surface area is 243 Å². The van der Waals surface area contributed by atoms with Crippen LogP contribution in [0.3, 0.4) is 0 Å². The number of benzene rings is 1. The topological polar surface area (TPSA) is 174 Å². The molecule has 234 valence electrons. The number of rotatable bonds is 11. The predicted octanol–water partition coefficient (Wildman–Crippen LogP) is 0.365. The average molecular weight is 598 g/mol. The molecule has 2 heterocycles. The number of amides is 1. The average Bonchev–Trinajstić information content (AvgIpc) is 2.91. The molecule has 42 heavy (non-hydrogen) atoms. The van der Waals surface area contributed by atoms with E-state index < -0.39 is 85.2 Å². The lowest BCUT2D eigenvalue weighted by molar-refractivity contribution is -0.341. The Hall–Kier alpha value is -3.14. The monoisotopic (exact) mass is 597 g/mol. The Morgan fingerprint density at radius 3 is 2.00 bits per heavy atom. The molecular formula is C28H39NO13. The van der Waals surface area contributed by atoms with Crippen molar-refractivity contribution >= 4 is 23.8 Å². The van der Waals surface area contributed by atoms with Gasteiger partial charge in [0.05, 0.1) is 19.3 Å². The second-order valence-electron chi connectivity index (χ2n) is 10.0. The molecule has 1 amide bonds. The molecule has 0 spiro atoms. The summed E-state index contributed by atoms with van der Waals surface area (Å²) in [6.07, 6.45) is -11.0. The quantitative estimate of drug-likeness (QED) is 0.265. The Balaban J connectivity index is 1.90. The molecule has 2 saturated heterocycles. The molecule has 10 atom stereocenters. The van der Waals surface area contributed by atoms with Crippen molar-refractivity contribution in [2.24, 2.45) is 0 Å². The highest BCUT2D eigenvalue weighted by Gasteiger charge is 2.54. The number of carbonyl (C=O) groups is 4. The first kappa shape index (κ1) is 33.4. The van der Waals surface area contributed by atoms with Crippen LogP contribution >= 0.6 is 0 Å². The van der Waals surface area contributed by atoms with Gasteiger partial charge in [0, 0.05) is 34.8 Å². The Kier molecular flexibility index (Phi) is 12.2. The Morgan fingerprint density at radius 1 is 0.833 bits per heavy atom. The molecule has 2 N–H and O–H groups in total. The molecule has 2 aliphatic rings. The summed E-state index contributed by atoms with van der Waals surface area (Å²) in [5.74, 6) is -2.65. The predicted molar refractivity (Wildman–Crippen MR) is 141 cm³/mol. The molecule has 0 aromatic heterocycles. The summed E-state index contributed by atoms with van der Waals surface area (Å²) in [6.45, 7) is 6.44. The molecule has 0 aliphatic carbocycles. The van der Waals surface area contributed by atoms with E-state index in [2.05, 4.69) is 5.32 Å². The first-order valence-electron chi connectivity index (χ1n) is 13.5. The van der Waals surface area contributed by atoms with Gasteiger partial charge in [0.1, 0.15) is 24.4 Å². The largest absolute Gasteiger partial charge is 0.456 e. The maximum Gasteiger partial charge on any atom is 0.303 e. The van der Waals surface area contributed by atoms with Crippen LogP contribution in [0.15, 0.2) is 30.3 Å². The van der Waals surface area contributed by atoms with Gasteiger partial charge in [0.25, 0.3) is 0 Å². The molecule has 3 rings (SSSR count). The van der Waals surface area contributed by atoms with Crippen molar-refractivity contribution in [3.8, 4) is 0 Å². The first-order chi connectivity index (χ1) is 19.9. The summed E-state index contributed by atoms with van der Waals surface area (Å²) in [4.78, 5) is 48.1.